The van der Waals surface area contributed by atoms with E-state index in [-0.39, 0.29) is 19.3 Å². The van der Waals surface area contributed by atoms with Crippen LogP contribution in [0.3, 0.4) is 0 Å². The van der Waals surface area contributed by atoms with Crippen LogP contribution in [0.15, 0.2) is 35.7 Å². The molecule has 22 heavy (non-hydrogen) atoms. The van der Waals surface area contributed by atoms with Gasteiger partial charge in [0.25, 0.3) is 11.8 Å². The molecular weight excluding hydrogens is 287 g/mol. The number of fused-ring (bicyclic) bond motifs is 1. The molecular formula is C16H17FN2O3. The molecule has 1 saturated heterocycles. The molecule has 1 fully saturated rings. The number of carbonyl (C=O) groups is 2. The molecule has 1 unspecified atom stereocenters. The molecule has 0 radical (unpaired) electrons. The molecule has 116 valence electrons. The van der Waals surface area contributed by atoms with Crippen molar-refractivity contribution in [1.29, 1.82) is 0 Å². The van der Waals surface area contributed by atoms with E-state index in [1.165, 1.54) is 0 Å². The highest BCUT2D eigenvalue weighted by Crippen LogP contribution is 2.24. The third-order valence-corrected chi connectivity index (χ3v) is 3.87. The molecule has 0 spiro atoms. The number of ether oxygens (including phenoxy) is 1. The summed E-state index contributed by atoms with van der Waals surface area (Å²) in [6.45, 7) is 2.73. The van der Waals surface area contributed by atoms with E-state index in [2.05, 4.69) is 5.32 Å². The van der Waals surface area contributed by atoms with Crippen molar-refractivity contribution in [3.8, 4) is 0 Å². The van der Waals surface area contributed by atoms with Crippen molar-refractivity contribution >= 4 is 11.8 Å². The summed E-state index contributed by atoms with van der Waals surface area (Å²) in [7, 11) is 0. The molecule has 1 N–H and O–H groups in total. The summed E-state index contributed by atoms with van der Waals surface area (Å²) >= 11 is 0. The second-order valence-electron chi connectivity index (χ2n) is 5.50. The van der Waals surface area contributed by atoms with Gasteiger partial charge in [0.2, 0.25) is 0 Å². The van der Waals surface area contributed by atoms with Crippen molar-refractivity contribution < 1.29 is 18.7 Å². The fourth-order valence-electron chi connectivity index (χ4n) is 2.59. The van der Waals surface area contributed by atoms with E-state index in [1.54, 1.807) is 24.3 Å². The number of rotatable bonds is 2. The Bertz CT molecular complexity index is 622. The maximum Gasteiger partial charge on any atom is 0.261 e. The summed E-state index contributed by atoms with van der Waals surface area (Å²) in [5, 5.41) is 3.08. The number of hydrogen-bond acceptors (Lipinski definition) is 4. The van der Waals surface area contributed by atoms with E-state index < -0.39 is 17.6 Å². The normalized spacial score (nSPS) is 24.3. The first-order valence-corrected chi connectivity index (χ1v) is 7.22. The lowest BCUT2D eigenvalue weighted by atomic mass is 10.1. The lowest BCUT2D eigenvalue weighted by Gasteiger charge is -2.14. The maximum absolute atomic E-state index is 14.4. The van der Waals surface area contributed by atoms with Crippen molar-refractivity contribution in [1.82, 2.24) is 10.2 Å². The van der Waals surface area contributed by atoms with E-state index in [0.29, 0.717) is 29.8 Å². The Balaban J connectivity index is 1.79. The minimum atomic E-state index is -0.490. The molecule has 1 aromatic rings. The summed E-state index contributed by atoms with van der Waals surface area (Å²) in [5.74, 6) is -1.39. The monoisotopic (exact) mass is 304 g/mol. The van der Waals surface area contributed by atoms with Crippen molar-refractivity contribution in [3.63, 3.8) is 0 Å². The SMILES string of the molecule is CC1CNC/C(=C(\F)CN2C(=O)c3ccccc3C2=O)CO1. The van der Waals surface area contributed by atoms with E-state index in [9.17, 15) is 14.0 Å². The van der Waals surface area contributed by atoms with Crippen LogP contribution >= 0.6 is 0 Å². The smallest absolute Gasteiger partial charge is 0.261 e. The van der Waals surface area contributed by atoms with Crippen LogP contribution in [0.2, 0.25) is 0 Å². The number of imide groups is 1. The highest BCUT2D eigenvalue weighted by Gasteiger charge is 2.36. The van der Waals surface area contributed by atoms with Gasteiger partial charge < -0.3 is 10.1 Å². The maximum atomic E-state index is 14.4. The predicted octanol–water partition coefficient (Wildman–Crippen LogP) is 1.51. The van der Waals surface area contributed by atoms with Crippen LogP contribution in [0.4, 0.5) is 4.39 Å². The van der Waals surface area contributed by atoms with Crippen LogP contribution in [0, 0.1) is 0 Å². The summed E-state index contributed by atoms with van der Waals surface area (Å²) in [6.07, 6.45) is 0.00426. The van der Waals surface area contributed by atoms with Gasteiger partial charge in [-0.1, -0.05) is 12.1 Å². The molecule has 1 atom stereocenters. The van der Waals surface area contributed by atoms with Crippen LogP contribution in [-0.4, -0.2) is 49.1 Å². The van der Waals surface area contributed by atoms with Crippen LogP contribution < -0.4 is 5.32 Å². The zero-order chi connectivity index (χ0) is 15.7. The molecule has 0 bridgehead atoms. The Morgan fingerprint density at radius 3 is 2.59 bits per heavy atom. The number of nitrogens with one attached hydrogen (secondary N) is 1. The van der Waals surface area contributed by atoms with Gasteiger partial charge in [0, 0.05) is 18.7 Å². The van der Waals surface area contributed by atoms with Gasteiger partial charge in [0.05, 0.1) is 30.4 Å². The average Bonchev–Trinajstić information content (AvgIpc) is 2.69. The Labute approximate surface area is 127 Å². The first-order chi connectivity index (χ1) is 10.6. The molecule has 5 nitrogen and oxygen atoms in total. The standard InChI is InChI=1S/C16H17FN2O3/c1-10-6-18-7-11(9-22-10)14(17)8-19-15(20)12-4-2-3-5-13(12)16(19)21/h2-5,10,18H,6-9H2,1H3/b14-11+. The zero-order valence-electron chi connectivity index (χ0n) is 12.3. The van der Waals surface area contributed by atoms with Gasteiger partial charge >= 0.3 is 0 Å². The molecule has 2 amide bonds. The summed E-state index contributed by atoms with van der Waals surface area (Å²) in [6, 6.07) is 6.54. The largest absolute Gasteiger partial charge is 0.373 e. The predicted molar refractivity (Wildman–Crippen MR) is 78.2 cm³/mol. The lowest BCUT2D eigenvalue weighted by Crippen LogP contribution is -2.32. The molecule has 1 aromatic carbocycles. The highest BCUT2D eigenvalue weighted by atomic mass is 19.1. The van der Waals surface area contributed by atoms with Crippen molar-refractivity contribution in [2.24, 2.45) is 0 Å². The molecule has 3 rings (SSSR count). The fraction of sp³-hybridized carbons (Fsp3) is 0.375. The topological polar surface area (TPSA) is 58.6 Å². The van der Waals surface area contributed by atoms with Gasteiger partial charge in [-0.05, 0) is 19.1 Å². The van der Waals surface area contributed by atoms with Crippen LogP contribution in [0.25, 0.3) is 0 Å². The molecule has 2 heterocycles. The number of amides is 2. The van der Waals surface area contributed by atoms with Gasteiger partial charge in [-0.15, -0.1) is 0 Å². The third kappa shape index (κ3) is 2.67. The summed E-state index contributed by atoms with van der Waals surface area (Å²) in [5.41, 5.74) is 1.10. The second kappa shape index (κ2) is 5.98. The third-order valence-electron chi connectivity index (χ3n) is 3.87. The molecule has 2 aliphatic rings. The molecule has 0 saturated carbocycles. The van der Waals surface area contributed by atoms with E-state index in [1.807, 2.05) is 6.92 Å². The Hall–Kier alpha value is -2.05. The van der Waals surface area contributed by atoms with Crippen molar-refractivity contribution in [2.45, 2.75) is 13.0 Å². The minimum absolute atomic E-state index is 0.00426. The van der Waals surface area contributed by atoms with Crippen LogP contribution in [-0.2, 0) is 4.74 Å². The minimum Gasteiger partial charge on any atom is -0.373 e. The number of benzene rings is 1. The van der Waals surface area contributed by atoms with Crippen molar-refractivity contribution in [3.05, 3.63) is 46.8 Å². The first-order valence-electron chi connectivity index (χ1n) is 7.22. The molecule has 0 aliphatic carbocycles. The fourth-order valence-corrected chi connectivity index (χ4v) is 2.59. The lowest BCUT2D eigenvalue weighted by molar-refractivity contribution is 0.0655. The van der Waals surface area contributed by atoms with Gasteiger partial charge in [0.1, 0.15) is 5.83 Å². The van der Waals surface area contributed by atoms with Crippen LogP contribution in [0.1, 0.15) is 27.6 Å². The number of nitrogens with zero attached hydrogens (tertiary/aromatic N) is 1. The van der Waals surface area contributed by atoms with Crippen LogP contribution in [0.5, 0.6) is 0 Å². The summed E-state index contributed by atoms with van der Waals surface area (Å²) < 4.78 is 19.9. The van der Waals surface area contributed by atoms with Gasteiger partial charge in [-0.25, -0.2) is 4.39 Å². The molecule has 0 aromatic heterocycles. The van der Waals surface area contributed by atoms with Crippen molar-refractivity contribution in [2.75, 3.05) is 26.2 Å². The van der Waals surface area contributed by atoms with Gasteiger partial charge in [-0.3, -0.25) is 14.5 Å². The number of halogens is 1. The quantitative estimate of drug-likeness (QED) is 0.842. The zero-order valence-corrected chi connectivity index (χ0v) is 12.3. The van der Waals surface area contributed by atoms with E-state index >= 15 is 0 Å². The Morgan fingerprint density at radius 2 is 1.95 bits per heavy atom. The Kier molecular flexibility index (Phi) is 4.04. The van der Waals surface area contributed by atoms with E-state index in [0.717, 1.165) is 4.90 Å². The average molecular weight is 304 g/mol. The molecule has 6 heteroatoms. The van der Waals surface area contributed by atoms with Gasteiger partial charge in [-0.2, -0.15) is 0 Å². The van der Waals surface area contributed by atoms with Gasteiger partial charge in [0.15, 0.2) is 0 Å². The Morgan fingerprint density at radius 1 is 1.32 bits per heavy atom. The molecule has 2 aliphatic heterocycles. The summed E-state index contributed by atoms with van der Waals surface area (Å²) in [4.78, 5) is 25.4. The second-order valence-corrected chi connectivity index (χ2v) is 5.50. The number of carbonyl (C=O) groups excluding carboxylic acids is 2. The first kappa shape index (κ1) is 14.9. The number of hydrogen-bond donors (Lipinski definition) is 1. The van der Waals surface area contributed by atoms with E-state index in [4.69, 9.17) is 4.74 Å². The highest BCUT2D eigenvalue weighted by molar-refractivity contribution is 6.21.